The van der Waals surface area contributed by atoms with Crippen molar-refractivity contribution >= 4 is 0 Å². The molecule has 3 N–H and O–H groups in total. The highest BCUT2D eigenvalue weighted by molar-refractivity contribution is 5.22. The van der Waals surface area contributed by atoms with Crippen LogP contribution in [0, 0.1) is 0 Å². The van der Waals surface area contributed by atoms with Gasteiger partial charge in [-0.05, 0) is 30.4 Å². The smallest absolute Gasteiger partial charge is 0.0719 e. The molecule has 1 rings (SSSR count). The predicted octanol–water partition coefficient (Wildman–Crippen LogP) is 1.04. The van der Waals surface area contributed by atoms with E-state index in [9.17, 15) is 0 Å². The van der Waals surface area contributed by atoms with Gasteiger partial charge in [0.2, 0.25) is 0 Å². The van der Waals surface area contributed by atoms with Crippen molar-refractivity contribution in [1.29, 1.82) is 0 Å². The number of nitrogens with two attached hydrogens (primary N) is 1. The molecule has 3 heteroatoms. The lowest BCUT2D eigenvalue weighted by Crippen LogP contribution is -2.03. The highest BCUT2D eigenvalue weighted by Gasteiger charge is 1.95. The van der Waals surface area contributed by atoms with Gasteiger partial charge >= 0.3 is 0 Å². The van der Waals surface area contributed by atoms with E-state index in [-0.39, 0.29) is 6.61 Å². The van der Waals surface area contributed by atoms with E-state index in [1.165, 1.54) is 11.1 Å². The van der Waals surface area contributed by atoms with E-state index in [1.807, 2.05) is 0 Å². The summed E-state index contributed by atoms with van der Waals surface area (Å²) in [5.74, 6) is 4.94. The van der Waals surface area contributed by atoms with Crippen molar-refractivity contribution in [2.45, 2.75) is 19.3 Å². The van der Waals surface area contributed by atoms with Crippen molar-refractivity contribution < 1.29 is 9.94 Å². The highest BCUT2D eigenvalue weighted by atomic mass is 16.6. The molecule has 1 aromatic carbocycles. The molecule has 0 heterocycles. The minimum absolute atomic E-state index is 0.253. The lowest BCUT2D eigenvalue weighted by Gasteiger charge is -2.02. The number of benzene rings is 1. The summed E-state index contributed by atoms with van der Waals surface area (Å²) in [5.41, 5.74) is 2.49. The lowest BCUT2D eigenvalue weighted by atomic mass is 10.1. The fraction of sp³-hybridized carbons (Fsp3) is 0.455. The predicted molar refractivity (Wildman–Crippen MR) is 55.7 cm³/mol. The SMILES string of the molecule is NOCCc1ccc(CCCO)cc1. The van der Waals surface area contributed by atoms with Crippen LogP contribution >= 0.6 is 0 Å². The molecule has 0 saturated heterocycles. The molecule has 0 atom stereocenters. The van der Waals surface area contributed by atoms with E-state index < -0.39 is 0 Å². The van der Waals surface area contributed by atoms with Gasteiger partial charge in [0.05, 0.1) is 6.61 Å². The van der Waals surface area contributed by atoms with Crippen molar-refractivity contribution in [3.63, 3.8) is 0 Å². The Bertz CT molecular complexity index is 219. The lowest BCUT2D eigenvalue weighted by molar-refractivity contribution is 0.141. The molecule has 0 aliphatic heterocycles. The number of aryl methyl sites for hydroxylation is 1. The van der Waals surface area contributed by atoms with Crippen LogP contribution in [0.5, 0.6) is 0 Å². The molecule has 0 bridgehead atoms. The maximum Gasteiger partial charge on any atom is 0.0719 e. The standard InChI is InChI=1S/C11H17NO2/c12-14-9-7-11-5-3-10(4-6-11)2-1-8-13/h3-6,13H,1-2,7-9,12H2. The zero-order valence-corrected chi connectivity index (χ0v) is 8.28. The fourth-order valence-corrected chi connectivity index (χ4v) is 1.33. The van der Waals surface area contributed by atoms with Crippen LogP contribution < -0.4 is 5.90 Å². The maximum absolute atomic E-state index is 8.67. The van der Waals surface area contributed by atoms with Gasteiger partial charge in [0.25, 0.3) is 0 Å². The van der Waals surface area contributed by atoms with Crippen LogP contribution in [0.1, 0.15) is 17.5 Å². The first-order valence-corrected chi connectivity index (χ1v) is 4.87. The molecule has 78 valence electrons. The summed E-state index contributed by atoms with van der Waals surface area (Å²) in [6, 6.07) is 8.32. The molecule has 0 fully saturated rings. The summed E-state index contributed by atoms with van der Waals surface area (Å²) in [6.07, 6.45) is 2.60. The molecule has 0 spiro atoms. The van der Waals surface area contributed by atoms with Crippen molar-refractivity contribution in [3.05, 3.63) is 35.4 Å². The van der Waals surface area contributed by atoms with Crippen molar-refractivity contribution in [3.8, 4) is 0 Å². The Kier molecular flexibility index (Phi) is 5.22. The van der Waals surface area contributed by atoms with Gasteiger partial charge < -0.3 is 9.94 Å². The van der Waals surface area contributed by atoms with Crippen LogP contribution in [0.25, 0.3) is 0 Å². The number of aliphatic hydroxyl groups excluding tert-OH is 1. The molecule has 0 saturated carbocycles. The van der Waals surface area contributed by atoms with E-state index in [0.29, 0.717) is 6.61 Å². The molecule has 1 aromatic rings. The van der Waals surface area contributed by atoms with Crippen molar-refractivity contribution in [1.82, 2.24) is 0 Å². The van der Waals surface area contributed by atoms with Crippen LogP contribution in [0.15, 0.2) is 24.3 Å². The van der Waals surface area contributed by atoms with Gasteiger partial charge in [0.1, 0.15) is 0 Å². The van der Waals surface area contributed by atoms with Gasteiger partial charge in [0.15, 0.2) is 0 Å². The van der Waals surface area contributed by atoms with E-state index >= 15 is 0 Å². The van der Waals surface area contributed by atoms with Gasteiger partial charge in [-0.15, -0.1) is 0 Å². The molecule has 0 aromatic heterocycles. The Labute approximate surface area is 84.5 Å². The van der Waals surface area contributed by atoms with Crippen molar-refractivity contribution in [2.75, 3.05) is 13.2 Å². The topological polar surface area (TPSA) is 55.5 Å². The zero-order chi connectivity index (χ0) is 10.2. The quantitative estimate of drug-likeness (QED) is 0.667. The Morgan fingerprint density at radius 1 is 1.07 bits per heavy atom. The molecule has 0 amide bonds. The Hall–Kier alpha value is -0.900. The summed E-state index contributed by atoms with van der Waals surface area (Å²) >= 11 is 0. The van der Waals surface area contributed by atoms with Gasteiger partial charge in [-0.25, -0.2) is 5.90 Å². The van der Waals surface area contributed by atoms with Gasteiger partial charge in [0, 0.05) is 6.61 Å². The second-order valence-electron chi connectivity index (χ2n) is 3.26. The average molecular weight is 195 g/mol. The van der Waals surface area contributed by atoms with Crippen LogP contribution in [-0.2, 0) is 17.7 Å². The second-order valence-corrected chi connectivity index (χ2v) is 3.26. The summed E-state index contributed by atoms with van der Waals surface area (Å²) in [5, 5.41) is 8.67. The molecular formula is C11H17NO2. The summed E-state index contributed by atoms with van der Waals surface area (Å²) < 4.78 is 0. The fourth-order valence-electron chi connectivity index (χ4n) is 1.33. The summed E-state index contributed by atoms with van der Waals surface area (Å²) in [6.45, 7) is 0.804. The summed E-state index contributed by atoms with van der Waals surface area (Å²) in [7, 11) is 0. The molecule has 0 aliphatic rings. The highest BCUT2D eigenvalue weighted by Crippen LogP contribution is 2.07. The Morgan fingerprint density at radius 3 is 2.14 bits per heavy atom. The molecule has 0 radical (unpaired) electrons. The minimum Gasteiger partial charge on any atom is -0.396 e. The minimum atomic E-state index is 0.253. The number of aliphatic hydroxyl groups is 1. The summed E-state index contributed by atoms with van der Waals surface area (Å²) in [4.78, 5) is 4.51. The van der Waals surface area contributed by atoms with E-state index in [0.717, 1.165) is 19.3 Å². The number of hydrogen-bond donors (Lipinski definition) is 2. The monoisotopic (exact) mass is 195 g/mol. The average Bonchev–Trinajstić information content (AvgIpc) is 2.25. The number of rotatable bonds is 6. The van der Waals surface area contributed by atoms with Gasteiger partial charge in [-0.2, -0.15) is 0 Å². The van der Waals surface area contributed by atoms with Gasteiger partial charge in [-0.3, -0.25) is 0 Å². The van der Waals surface area contributed by atoms with E-state index in [2.05, 4.69) is 29.1 Å². The third-order valence-corrected chi connectivity index (χ3v) is 2.16. The maximum atomic E-state index is 8.67. The first kappa shape index (κ1) is 11.2. The molecule has 0 aliphatic carbocycles. The van der Waals surface area contributed by atoms with Crippen LogP contribution in [0.3, 0.4) is 0 Å². The largest absolute Gasteiger partial charge is 0.396 e. The number of hydrogen-bond acceptors (Lipinski definition) is 3. The Morgan fingerprint density at radius 2 is 1.64 bits per heavy atom. The normalized spacial score (nSPS) is 10.4. The second kappa shape index (κ2) is 6.54. The van der Waals surface area contributed by atoms with Crippen molar-refractivity contribution in [2.24, 2.45) is 5.90 Å². The molecule has 0 unspecified atom stereocenters. The van der Waals surface area contributed by atoms with E-state index in [1.54, 1.807) is 0 Å². The first-order chi connectivity index (χ1) is 6.86. The zero-order valence-electron chi connectivity index (χ0n) is 8.28. The van der Waals surface area contributed by atoms with E-state index in [4.69, 9.17) is 11.0 Å². The van der Waals surface area contributed by atoms with Crippen LogP contribution in [-0.4, -0.2) is 18.3 Å². The van der Waals surface area contributed by atoms with Crippen LogP contribution in [0.4, 0.5) is 0 Å². The Balaban J connectivity index is 2.42. The third-order valence-electron chi connectivity index (χ3n) is 2.16. The van der Waals surface area contributed by atoms with Gasteiger partial charge in [-0.1, -0.05) is 24.3 Å². The third kappa shape index (κ3) is 3.87. The molecule has 14 heavy (non-hydrogen) atoms. The molecular weight excluding hydrogens is 178 g/mol. The first-order valence-electron chi connectivity index (χ1n) is 4.87. The van der Waals surface area contributed by atoms with Crippen LogP contribution in [0.2, 0.25) is 0 Å². The molecule has 3 nitrogen and oxygen atoms in total.